The topological polar surface area (TPSA) is 37.8 Å². The summed E-state index contributed by atoms with van der Waals surface area (Å²) in [6.07, 6.45) is 2.76. The molecule has 0 fully saturated rings. The van der Waals surface area contributed by atoms with Gasteiger partial charge in [0, 0.05) is 18.8 Å². The Labute approximate surface area is 109 Å². The van der Waals surface area contributed by atoms with E-state index >= 15 is 0 Å². The molecule has 17 heavy (non-hydrogen) atoms. The number of nitrogens with one attached hydrogen (secondary N) is 1. The van der Waals surface area contributed by atoms with Crippen molar-refractivity contribution in [2.45, 2.75) is 13.3 Å². The lowest BCUT2D eigenvalue weighted by atomic mass is 10.0. The first kappa shape index (κ1) is 12.0. The van der Waals surface area contributed by atoms with Crippen LogP contribution < -0.4 is 5.32 Å². The Balaban J connectivity index is 2.53. The minimum atomic E-state index is 0.759. The number of nitrogens with zero attached hydrogens (tertiary/aromatic N) is 2. The van der Waals surface area contributed by atoms with Gasteiger partial charge in [-0.25, -0.2) is 9.97 Å². The largest absolute Gasteiger partial charge is 0.372 e. The van der Waals surface area contributed by atoms with Gasteiger partial charge in [0.05, 0.1) is 4.47 Å². The molecule has 0 aliphatic carbocycles. The number of hydrogen-bond donors (Lipinski definition) is 1. The fourth-order valence-corrected chi connectivity index (χ4v) is 2.11. The molecule has 0 amide bonds. The number of benzene rings is 1. The Morgan fingerprint density at radius 1 is 1.29 bits per heavy atom. The quantitative estimate of drug-likeness (QED) is 0.940. The summed E-state index contributed by atoms with van der Waals surface area (Å²) < 4.78 is 0.873. The number of aromatic nitrogens is 2. The number of halogens is 1. The molecule has 2 aromatic rings. The van der Waals surface area contributed by atoms with Crippen molar-refractivity contribution < 1.29 is 0 Å². The van der Waals surface area contributed by atoms with E-state index in [9.17, 15) is 0 Å². The van der Waals surface area contributed by atoms with Crippen LogP contribution in [0.4, 0.5) is 5.82 Å². The number of anilines is 1. The molecule has 1 N–H and O–H groups in total. The third kappa shape index (κ3) is 2.47. The highest BCUT2D eigenvalue weighted by Gasteiger charge is 2.08. The normalized spacial score (nSPS) is 10.3. The first-order valence-electron chi connectivity index (χ1n) is 5.54. The minimum absolute atomic E-state index is 0.759. The van der Waals surface area contributed by atoms with Crippen LogP contribution in [-0.4, -0.2) is 17.0 Å². The van der Waals surface area contributed by atoms with Crippen molar-refractivity contribution in [3.8, 4) is 11.4 Å². The molecule has 0 unspecified atom stereocenters. The van der Waals surface area contributed by atoms with Crippen molar-refractivity contribution >= 4 is 21.7 Å². The van der Waals surface area contributed by atoms with Crippen LogP contribution in [0.15, 0.2) is 34.9 Å². The summed E-state index contributed by atoms with van der Waals surface area (Å²) in [6, 6.07) is 8.22. The maximum Gasteiger partial charge on any atom is 0.161 e. The molecule has 3 nitrogen and oxygen atoms in total. The Bertz CT molecular complexity index is 526. The van der Waals surface area contributed by atoms with Gasteiger partial charge in [0.1, 0.15) is 5.82 Å². The molecule has 88 valence electrons. The molecule has 1 heterocycles. The van der Waals surface area contributed by atoms with E-state index in [4.69, 9.17) is 0 Å². The monoisotopic (exact) mass is 291 g/mol. The van der Waals surface area contributed by atoms with Crippen LogP contribution in [0.5, 0.6) is 0 Å². The molecular formula is C13H14BrN3. The molecule has 0 aliphatic heterocycles. The predicted molar refractivity (Wildman–Crippen MR) is 74.1 cm³/mol. The van der Waals surface area contributed by atoms with Gasteiger partial charge >= 0.3 is 0 Å². The number of hydrogen-bond acceptors (Lipinski definition) is 3. The van der Waals surface area contributed by atoms with Gasteiger partial charge in [0.15, 0.2) is 5.82 Å². The first-order chi connectivity index (χ1) is 8.26. The lowest BCUT2D eigenvalue weighted by Crippen LogP contribution is -1.99. The van der Waals surface area contributed by atoms with Crippen LogP contribution in [0.3, 0.4) is 0 Å². The second-order valence-electron chi connectivity index (χ2n) is 3.65. The van der Waals surface area contributed by atoms with E-state index in [2.05, 4.69) is 50.3 Å². The van der Waals surface area contributed by atoms with Gasteiger partial charge in [-0.1, -0.05) is 31.2 Å². The Morgan fingerprint density at radius 3 is 2.76 bits per heavy atom. The van der Waals surface area contributed by atoms with E-state index in [1.165, 1.54) is 5.56 Å². The van der Waals surface area contributed by atoms with Crippen LogP contribution in [0, 0.1) is 0 Å². The Morgan fingerprint density at radius 2 is 2.06 bits per heavy atom. The molecule has 4 heteroatoms. The zero-order chi connectivity index (χ0) is 12.3. The van der Waals surface area contributed by atoms with Crippen molar-refractivity contribution in [2.24, 2.45) is 0 Å². The van der Waals surface area contributed by atoms with Crippen LogP contribution in [0.2, 0.25) is 0 Å². The fraction of sp³-hybridized carbons (Fsp3) is 0.231. The number of rotatable bonds is 3. The van der Waals surface area contributed by atoms with Gasteiger partial charge in [0.2, 0.25) is 0 Å². The summed E-state index contributed by atoms with van der Waals surface area (Å²) in [4.78, 5) is 8.87. The van der Waals surface area contributed by atoms with Crippen molar-refractivity contribution in [1.82, 2.24) is 9.97 Å². The van der Waals surface area contributed by atoms with Gasteiger partial charge in [0.25, 0.3) is 0 Å². The molecule has 1 aromatic heterocycles. The zero-order valence-corrected chi connectivity index (χ0v) is 11.5. The standard InChI is InChI=1S/C13H14BrN3/c1-3-9-6-4-5-7-10(9)12-16-8-11(14)13(15-2)17-12/h4-8H,3H2,1-2H3,(H,15,16,17). The molecule has 0 saturated carbocycles. The summed E-state index contributed by atoms with van der Waals surface area (Å²) in [5, 5.41) is 3.04. The Hall–Kier alpha value is -1.42. The maximum atomic E-state index is 4.50. The molecular weight excluding hydrogens is 278 g/mol. The number of aryl methyl sites for hydroxylation is 1. The summed E-state index contributed by atoms with van der Waals surface area (Å²) in [7, 11) is 1.85. The van der Waals surface area contributed by atoms with Crippen LogP contribution >= 0.6 is 15.9 Å². The highest BCUT2D eigenvalue weighted by Crippen LogP contribution is 2.25. The SMILES string of the molecule is CCc1ccccc1-c1ncc(Br)c(NC)n1. The van der Waals surface area contributed by atoms with E-state index in [0.29, 0.717) is 0 Å². The average Bonchev–Trinajstić information content (AvgIpc) is 2.39. The molecule has 2 rings (SSSR count). The van der Waals surface area contributed by atoms with Crippen molar-refractivity contribution in [1.29, 1.82) is 0 Å². The summed E-state index contributed by atoms with van der Waals surface area (Å²) >= 11 is 3.41. The minimum Gasteiger partial charge on any atom is -0.372 e. The summed E-state index contributed by atoms with van der Waals surface area (Å²) in [5.41, 5.74) is 2.36. The molecule has 0 atom stereocenters. The second kappa shape index (κ2) is 5.27. The van der Waals surface area contributed by atoms with Gasteiger partial charge in [-0.2, -0.15) is 0 Å². The molecule has 0 spiro atoms. The van der Waals surface area contributed by atoms with E-state index < -0.39 is 0 Å². The van der Waals surface area contributed by atoms with Crippen LogP contribution in [0.25, 0.3) is 11.4 Å². The molecule has 0 radical (unpaired) electrons. The summed E-state index contributed by atoms with van der Waals surface area (Å²) in [5.74, 6) is 1.57. The molecule has 0 saturated heterocycles. The highest BCUT2D eigenvalue weighted by atomic mass is 79.9. The first-order valence-corrected chi connectivity index (χ1v) is 6.34. The van der Waals surface area contributed by atoms with E-state index in [0.717, 1.165) is 28.1 Å². The van der Waals surface area contributed by atoms with Crippen LogP contribution in [0.1, 0.15) is 12.5 Å². The second-order valence-corrected chi connectivity index (χ2v) is 4.51. The van der Waals surface area contributed by atoms with Gasteiger partial charge in [-0.05, 0) is 27.9 Å². The molecule has 1 aromatic carbocycles. The predicted octanol–water partition coefficient (Wildman–Crippen LogP) is 3.51. The fourth-order valence-electron chi connectivity index (χ4n) is 1.72. The van der Waals surface area contributed by atoms with Crippen molar-refractivity contribution in [3.63, 3.8) is 0 Å². The van der Waals surface area contributed by atoms with Crippen molar-refractivity contribution in [2.75, 3.05) is 12.4 Å². The maximum absolute atomic E-state index is 4.50. The highest BCUT2D eigenvalue weighted by molar-refractivity contribution is 9.10. The Kier molecular flexibility index (Phi) is 3.74. The van der Waals surface area contributed by atoms with Crippen LogP contribution in [-0.2, 0) is 6.42 Å². The van der Waals surface area contributed by atoms with E-state index in [-0.39, 0.29) is 0 Å². The van der Waals surface area contributed by atoms with Gasteiger partial charge < -0.3 is 5.32 Å². The molecule has 0 aliphatic rings. The lowest BCUT2D eigenvalue weighted by molar-refractivity contribution is 1.10. The lowest BCUT2D eigenvalue weighted by Gasteiger charge is -2.08. The van der Waals surface area contributed by atoms with E-state index in [1.807, 2.05) is 19.2 Å². The van der Waals surface area contributed by atoms with Gasteiger partial charge in [-0.15, -0.1) is 0 Å². The third-order valence-corrected chi connectivity index (χ3v) is 3.20. The zero-order valence-electron chi connectivity index (χ0n) is 9.87. The van der Waals surface area contributed by atoms with Crippen molar-refractivity contribution in [3.05, 3.63) is 40.5 Å². The molecule has 0 bridgehead atoms. The smallest absolute Gasteiger partial charge is 0.161 e. The summed E-state index contributed by atoms with van der Waals surface area (Å²) in [6.45, 7) is 2.14. The van der Waals surface area contributed by atoms with E-state index in [1.54, 1.807) is 6.20 Å². The van der Waals surface area contributed by atoms with Gasteiger partial charge in [-0.3, -0.25) is 0 Å². The average molecular weight is 292 g/mol. The third-order valence-electron chi connectivity index (χ3n) is 2.62.